The van der Waals surface area contributed by atoms with E-state index in [4.69, 9.17) is 9.05 Å². The van der Waals surface area contributed by atoms with Crippen LogP contribution in [0.15, 0.2) is 59.5 Å². The van der Waals surface area contributed by atoms with Crippen molar-refractivity contribution in [2.24, 2.45) is 0 Å². The van der Waals surface area contributed by atoms with Crippen LogP contribution >= 0.6 is 19.4 Å². The molecule has 2 N–H and O–H groups in total. The summed E-state index contributed by atoms with van der Waals surface area (Å²) in [6, 6.07) is 10.9. The first-order valence-electron chi connectivity index (χ1n) is 9.93. The standard InChI is InChI=1S/C21H26F4NO4PS/c1-3-29-31(28,30-4-2)20(27)18(32-17-12-10-16(22)11-13-17)19(21(23,24)25)26-14-15-8-6-5-7-9-15/h5-13,18-20,26-27H,3-4,14H2,1-2H3/t18-,19-,20-/m0/s1. The van der Waals surface area contributed by atoms with E-state index in [1.54, 1.807) is 30.3 Å². The molecule has 0 radical (unpaired) electrons. The minimum absolute atomic E-state index is 0.129. The predicted molar refractivity (Wildman–Crippen MR) is 116 cm³/mol. The van der Waals surface area contributed by atoms with Crippen LogP contribution < -0.4 is 5.32 Å². The second-order valence-corrected chi connectivity index (χ2v) is 10.1. The van der Waals surface area contributed by atoms with Crippen LogP contribution in [-0.2, 0) is 20.2 Å². The van der Waals surface area contributed by atoms with Gasteiger partial charge in [-0.1, -0.05) is 30.3 Å². The topological polar surface area (TPSA) is 67.8 Å². The number of hydrogen-bond donors (Lipinski definition) is 2. The largest absolute Gasteiger partial charge is 0.405 e. The Morgan fingerprint density at radius 3 is 2.09 bits per heavy atom. The Bertz CT molecular complexity index is 860. The fourth-order valence-corrected chi connectivity index (χ4v) is 6.32. The Hall–Kier alpha value is -1.42. The number of thioether (sulfide) groups is 1. The van der Waals surface area contributed by atoms with Gasteiger partial charge in [-0.3, -0.25) is 4.57 Å². The lowest BCUT2D eigenvalue weighted by Gasteiger charge is -2.35. The fourth-order valence-electron chi connectivity index (χ4n) is 2.94. The summed E-state index contributed by atoms with van der Waals surface area (Å²) in [7, 11) is -4.31. The normalized spacial score (nSPS) is 15.3. The van der Waals surface area contributed by atoms with Gasteiger partial charge in [-0.2, -0.15) is 13.2 Å². The smallest absolute Gasteiger partial charge is 0.379 e. The monoisotopic (exact) mass is 495 g/mol. The van der Waals surface area contributed by atoms with Gasteiger partial charge in [0.2, 0.25) is 0 Å². The third-order valence-corrected chi connectivity index (χ3v) is 8.13. The number of nitrogens with one attached hydrogen (secondary N) is 1. The van der Waals surface area contributed by atoms with Gasteiger partial charge in [0, 0.05) is 11.4 Å². The van der Waals surface area contributed by atoms with E-state index in [0.29, 0.717) is 17.3 Å². The summed E-state index contributed by atoms with van der Waals surface area (Å²) in [5.74, 6) is -2.66. The molecule has 0 unspecified atom stereocenters. The average Bonchev–Trinajstić information content (AvgIpc) is 2.74. The number of alkyl halides is 3. The lowest BCUT2D eigenvalue weighted by Crippen LogP contribution is -2.53. The fraction of sp³-hybridized carbons (Fsp3) is 0.429. The zero-order valence-corrected chi connectivity index (χ0v) is 19.3. The van der Waals surface area contributed by atoms with E-state index >= 15 is 0 Å². The zero-order valence-electron chi connectivity index (χ0n) is 17.6. The SMILES string of the molecule is CCOP(=O)(OCC)[C@H](O)[C@@H](Sc1ccc(F)cc1)[C@H](NCc1ccccc1)C(F)(F)F. The molecule has 178 valence electrons. The van der Waals surface area contributed by atoms with Gasteiger partial charge in [0.25, 0.3) is 0 Å². The number of aliphatic hydroxyl groups is 1. The third kappa shape index (κ3) is 7.57. The maximum absolute atomic E-state index is 14.1. The predicted octanol–water partition coefficient (Wildman–Crippen LogP) is 5.59. The van der Waals surface area contributed by atoms with Crippen molar-refractivity contribution in [3.8, 4) is 0 Å². The van der Waals surface area contributed by atoms with Gasteiger partial charge in [-0.25, -0.2) is 4.39 Å². The van der Waals surface area contributed by atoms with Gasteiger partial charge in [0.15, 0.2) is 5.85 Å². The molecule has 11 heteroatoms. The van der Waals surface area contributed by atoms with Crippen molar-refractivity contribution in [3.05, 3.63) is 66.0 Å². The minimum atomic E-state index is -4.81. The highest BCUT2D eigenvalue weighted by molar-refractivity contribution is 8.00. The molecule has 0 aliphatic heterocycles. The van der Waals surface area contributed by atoms with Gasteiger partial charge in [0.05, 0.1) is 18.5 Å². The Balaban J connectivity index is 2.43. The molecule has 0 saturated heterocycles. The van der Waals surface area contributed by atoms with E-state index in [-0.39, 0.29) is 24.7 Å². The highest BCUT2D eigenvalue weighted by Gasteiger charge is 2.52. The van der Waals surface area contributed by atoms with E-state index in [1.807, 2.05) is 0 Å². The maximum Gasteiger partial charge on any atom is 0.405 e. The summed E-state index contributed by atoms with van der Waals surface area (Å²) in [4.78, 5) is 0.255. The Labute approximate surface area is 189 Å². The lowest BCUT2D eigenvalue weighted by atomic mass is 10.1. The first kappa shape index (κ1) is 26.8. The highest BCUT2D eigenvalue weighted by atomic mass is 32.2. The summed E-state index contributed by atoms with van der Waals surface area (Å²) in [5.41, 5.74) is 0.597. The Morgan fingerprint density at radius 1 is 1.03 bits per heavy atom. The molecule has 32 heavy (non-hydrogen) atoms. The number of rotatable bonds is 12. The average molecular weight is 495 g/mol. The molecule has 2 aromatic carbocycles. The summed E-state index contributed by atoms with van der Waals surface area (Å²) in [6.07, 6.45) is -4.81. The quantitative estimate of drug-likeness (QED) is 0.227. The molecule has 5 nitrogen and oxygen atoms in total. The van der Waals surface area contributed by atoms with Crippen molar-refractivity contribution in [1.82, 2.24) is 5.32 Å². The van der Waals surface area contributed by atoms with Crippen molar-refractivity contribution in [2.45, 2.75) is 48.6 Å². The second-order valence-electron chi connectivity index (χ2n) is 6.71. The molecule has 2 aromatic rings. The molecule has 0 spiro atoms. The molecule has 0 saturated carbocycles. The first-order chi connectivity index (χ1) is 15.1. The molecule has 3 atom stereocenters. The molecule has 0 aliphatic rings. The van der Waals surface area contributed by atoms with Gasteiger partial charge in [0.1, 0.15) is 11.9 Å². The molecule has 0 bridgehead atoms. The van der Waals surface area contributed by atoms with E-state index in [0.717, 1.165) is 12.1 Å². The van der Waals surface area contributed by atoms with Crippen LogP contribution in [0.5, 0.6) is 0 Å². The van der Waals surface area contributed by atoms with E-state index in [2.05, 4.69) is 5.32 Å². The molecular weight excluding hydrogens is 469 g/mol. The zero-order chi connectivity index (χ0) is 23.8. The summed E-state index contributed by atoms with van der Waals surface area (Å²) < 4.78 is 79.1. The van der Waals surface area contributed by atoms with Gasteiger partial charge in [-0.05, 0) is 43.7 Å². The van der Waals surface area contributed by atoms with Crippen LogP contribution in [0, 0.1) is 5.82 Å². The summed E-state index contributed by atoms with van der Waals surface area (Å²) in [6.45, 7) is 2.59. The van der Waals surface area contributed by atoms with E-state index in [9.17, 15) is 27.2 Å². The van der Waals surface area contributed by atoms with E-state index < -0.39 is 36.7 Å². The first-order valence-corrected chi connectivity index (χ1v) is 12.4. The molecule has 0 aromatic heterocycles. The van der Waals surface area contributed by atoms with Crippen LogP contribution in [0.25, 0.3) is 0 Å². The van der Waals surface area contributed by atoms with Crippen molar-refractivity contribution < 1.29 is 36.3 Å². The van der Waals surface area contributed by atoms with Crippen LogP contribution in [0.2, 0.25) is 0 Å². The number of halogens is 4. The van der Waals surface area contributed by atoms with Crippen molar-refractivity contribution in [3.63, 3.8) is 0 Å². The third-order valence-electron chi connectivity index (χ3n) is 4.37. The molecule has 0 amide bonds. The second kappa shape index (κ2) is 12.2. The maximum atomic E-state index is 14.1. The van der Waals surface area contributed by atoms with Crippen LogP contribution in [0.3, 0.4) is 0 Å². The van der Waals surface area contributed by atoms with Crippen LogP contribution in [0.1, 0.15) is 19.4 Å². The molecular formula is C21H26F4NO4PS. The summed E-state index contributed by atoms with van der Waals surface area (Å²) >= 11 is 0.623. The Kier molecular flexibility index (Phi) is 10.2. The van der Waals surface area contributed by atoms with Crippen molar-refractivity contribution in [2.75, 3.05) is 13.2 Å². The number of hydrogen-bond acceptors (Lipinski definition) is 6. The van der Waals surface area contributed by atoms with Gasteiger partial charge in [-0.15, -0.1) is 11.8 Å². The minimum Gasteiger partial charge on any atom is -0.379 e. The number of aliphatic hydroxyl groups excluding tert-OH is 1. The molecule has 2 rings (SSSR count). The van der Waals surface area contributed by atoms with Crippen molar-refractivity contribution >= 4 is 19.4 Å². The van der Waals surface area contributed by atoms with E-state index in [1.165, 1.54) is 26.0 Å². The molecule has 0 fully saturated rings. The molecule has 0 heterocycles. The number of benzene rings is 2. The van der Waals surface area contributed by atoms with Gasteiger partial charge < -0.3 is 19.5 Å². The Morgan fingerprint density at radius 2 is 1.59 bits per heavy atom. The van der Waals surface area contributed by atoms with Crippen LogP contribution in [0.4, 0.5) is 17.6 Å². The summed E-state index contributed by atoms with van der Waals surface area (Å²) in [5, 5.41) is 11.6. The van der Waals surface area contributed by atoms with Gasteiger partial charge >= 0.3 is 13.8 Å². The molecule has 0 aliphatic carbocycles. The van der Waals surface area contributed by atoms with Crippen LogP contribution in [-0.4, -0.2) is 41.6 Å². The highest BCUT2D eigenvalue weighted by Crippen LogP contribution is 2.56. The van der Waals surface area contributed by atoms with Crippen molar-refractivity contribution in [1.29, 1.82) is 0 Å². The lowest BCUT2D eigenvalue weighted by molar-refractivity contribution is -0.159.